The predicted octanol–water partition coefficient (Wildman–Crippen LogP) is 2.60. The summed E-state index contributed by atoms with van der Waals surface area (Å²) in [6, 6.07) is 11.0. The Morgan fingerprint density at radius 3 is 2.87 bits per heavy atom. The van der Waals surface area contributed by atoms with Crippen molar-refractivity contribution < 1.29 is 19.1 Å². The number of rotatable bonds is 9. The number of ketones is 1. The Morgan fingerprint density at radius 1 is 1.20 bits per heavy atom. The second kappa shape index (κ2) is 8.64. The first kappa shape index (κ1) is 20.1. The maximum atomic E-state index is 12.3. The molecule has 0 radical (unpaired) electrons. The van der Waals surface area contributed by atoms with E-state index >= 15 is 0 Å². The molecule has 156 valence electrons. The molecule has 8 nitrogen and oxygen atoms in total. The lowest BCUT2D eigenvalue weighted by atomic mass is 10.1. The Labute approximate surface area is 173 Å². The summed E-state index contributed by atoms with van der Waals surface area (Å²) in [5, 5.41) is 8.89. The standard InChI is InChI=1S/C22H24N4O4/c1-26-18-7-4-14(19(28)3-2-8-23)11-17(18)24-21(26)13-22-25-16-6-5-15(29-10-9-27)12-20(16)30-22/h4-7,11-12,27H,2-3,8-10,13,23H2,1H3. The molecule has 8 heteroatoms. The molecule has 0 saturated carbocycles. The van der Waals surface area contributed by atoms with E-state index in [1.807, 2.05) is 35.9 Å². The third kappa shape index (κ3) is 4.05. The van der Waals surface area contributed by atoms with Crippen LogP contribution in [0, 0.1) is 0 Å². The molecule has 2 aromatic heterocycles. The summed E-state index contributed by atoms with van der Waals surface area (Å²) in [7, 11) is 1.93. The second-order valence-corrected chi connectivity index (χ2v) is 7.09. The van der Waals surface area contributed by atoms with Gasteiger partial charge in [-0.3, -0.25) is 4.79 Å². The van der Waals surface area contributed by atoms with Crippen molar-refractivity contribution in [3.8, 4) is 5.75 Å². The highest BCUT2D eigenvalue weighted by Crippen LogP contribution is 2.24. The van der Waals surface area contributed by atoms with Crippen molar-refractivity contribution in [2.75, 3.05) is 19.8 Å². The van der Waals surface area contributed by atoms with Crippen LogP contribution in [-0.2, 0) is 13.5 Å². The molecule has 0 saturated heterocycles. The van der Waals surface area contributed by atoms with Gasteiger partial charge in [-0.2, -0.15) is 0 Å². The van der Waals surface area contributed by atoms with Crippen molar-refractivity contribution >= 4 is 27.9 Å². The van der Waals surface area contributed by atoms with Gasteiger partial charge in [-0.15, -0.1) is 0 Å². The summed E-state index contributed by atoms with van der Waals surface area (Å²) in [5.74, 6) is 2.03. The fourth-order valence-corrected chi connectivity index (χ4v) is 3.41. The number of oxazole rings is 1. The Bertz CT molecular complexity index is 1190. The van der Waals surface area contributed by atoms with Crippen molar-refractivity contribution in [2.24, 2.45) is 12.8 Å². The topological polar surface area (TPSA) is 116 Å². The summed E-state index contributed by atoms with van der Waals surface area (Å²) >= 11 is 0. The molecule has 0 fully saturated rings. The second-order valence-electron chi connectivity index (χ2n) is 7.09. The maximum Gasteiger partial charge on any atom is 0.203 e. The van der Waals surface area contributed by atoms with Crippen LogP contribution in [0.25, 0.3) is 22.1 Å². The molecule has 2 heterocycles. The lowest BCUT2D eigenvalue weighted by molar-refractivity contribution is 0.0981. The van der Waals surface area contributed by atoms with Crippen LogP contribution >= 0.6 is 0 Å². The third-order valence-electron chi connectivity index (χ3n) is 4.98. The maximum absolute atomic E-state index is 12.3. The van der Waals surface area contributed by atoms with E-state index in [-0.39, 0.29) is 19.0 Å². The zero-order valence-corrected chi connectivity index (χ0v) is 16.8. The molecule has 30 heavy (non-hydrogen) atoms. The molecule has 2 aromatic carbocycles. The van der Waals surface area contributed by atoms with Crippen molar-refractivity contribution in [1.82, 2.24) is 14.5 Å². The quantitative estimate of drug-likeness (QED) is 0.409. The van der Waals surface area contributed by atoms with Gasteiger partial charge in [-0.25, -0.2) is 9.97 Å². The molecule has 0 amide bonds. The molecular formula is C22H24N4O4. The van der Waals surface area contributed by atoms with E-state index in [1.54, 1.807) is 12.1 Å². The van der Waals surface area contributed by atoms with Gasteiger partial charge in [0, 0.05) is 25.1 Å². The van der Waals surface area contributed by atoms with E-state index in [9.17, 15) is 4.79 Å². The Hall–Kier alpha value is -3.23. The number of fused-ring (bicyclic) bond motifs is 2. The van der Waals surface area contributed by atoms with Crippen molar-refractivity contribution in [3.05, 3.63) is 53.7 Å². The SMILES string of the molecule is Cn1c(Cc2nc3ccc(OCCO)cc3o2)nc2cc(C(=O)CCCN)ccc21. The van der Waals surface area contributed by atoms with Gasteiger partial charge in [0.15, 0.2) is 11.4 Å². The van der Waals surface area contributed by atoms with Gasteiger partial charge in [0.05, 0.1) is 24.1 Å². The van der Waals surface area contributed by atoms with E-state index in [2.05, 4.69) is 4.98 Å². The fraction of sp³-hybridized carbons (Fsp3) is 0.318. The highest BCUT2D eigenvalue weighted by atomic mass is 16.5. The van der Waals surface area contributed by atoms with Crippen LogP contribution < -0.4 is 10.5 Å². The van der Waals surface area contributed by atoms with E-state index < -0.39 is 0 Å². The Balaban J connectivity index is 1.58. The minimum absolute atomic E-state index is 0.0489. The van der Waals surface area contributed by atoms with Crippen LogP contribution in [0.15, 0.2) is 40.8 Å². The molecule has 0 aliphatic rings. The number of carbonyl (C=O) groups is 1. The lowest BCUT2D eigenvalue weighted by Crippen LogP contribution is -2.04. The van der Waals surface area contributed by atoms with Crippen LogP contribution in [-0.4, -0.2) is 45.2 Å². The smallest absolute Gasteiger partial charge is 0.203 e. The number of ether oxygens (including phenoxy) is 1. The van der Waals surface area contributed by atoms with Crippen molar-refractivity contribution in [1.29, 1.82) is 0 Å². The zero-order valence-electron chi connectivity index (χ0n) is 16.8. The minimum atomic E-state index is -0.0489. The summed E-state index contributed by atoms with van der Waals surface area (Å²) in [6.07, 6.45) is 1.53. The monoisotopic (exact) mass is 408 g/mol. The average Bonchev–Trinajstić information content (AvgIpc) is 3.30. The number of benzene rings is 2. The van der Waals surface area contributed by atoms with Gasteiger partial charge in [0.1, 0.15) is 23.7 Å². The number of aryl methyl sites for hydroxylation is 1. The van der Waals surface area contributed by atoms with E-state index in [1.165, 1.54) is 0 Å². The van der Waals surface area contributed by atoms with Gasteiger partial charge in [0.25, 0.3) is 0 Å². The van der Waals surface area contributed by atoms with Gasteiger partial charge < -0.3 is 24.6 Å². The van der Waals surface area contributed by atoms with Gasteiger partial charge >= 0.3 is 0 Å². The first-order valence-corrected chi connectivity index (χ1v) is 9.91. The number of imidazole rings is 1. The van der Waals surface area contributed by atoms with E-state index in [0.717, 1.165) is 22.4 Å². The summed E-state index contributed by atoms with van der Waals surface area (Å²) < 4.78 is 13.3. The largest absolute Gasteiger partial charge is 0.491 e. The Morgan fingerprint density at radius 2 is 2.07 bits per heavy atom. The number of Topliss-reactive ketones (excluding diaryl/α,β-unsaturated/α-hetero) is 1. The Kier molecular flexibility index (Phi) is 5.78. The molecule has 0 unspecified atom stereocenters. The highest BCUT2D eigenvalue weighted by Gasteiger charge is 2.15. The number of aliphatic hydroxyl groups is 1. The molecule has 3 N–H and O–H groups in total. The average molecular weight is 408 g/mol. The predicted molar refractivity (Wildman–Crippen MR) is 113 cm³/mol. The minimum Gasteiger partial charge on any atom is -0.491 e. The van der Waals surface area contributed by atoms with E-state index in [0.29, 0.717) is 48.6 Å². The van der Waals surface area contributed by atoms with E-state index in [4.69, 9.17) is 25.0 Å². The lowest BCUT2D eigenvalue weighted by Gasteiger charge is -2.02. The molecule has 4 aromatic rings. The summed E-state index contributed by atoms with van der Waals surface area (Å²) in [4.78, 5) is 21.5. The molecule has 0 atom stereocenters. The number of hydrogen-bond donors (Lipinski definition) is 2. The first-order chi connectivity index (χ1) is 14.6. The van der Waals surface area contributed by atoms with Crippen LogP contribution in [0.5, 0.6) is 5.75 Å². The normalized spacial score (nSPS) is 11.4. The molecular weight excluding hydrogens is 384 g/mol. The number of nitrogens with two attached hydrogens (primary N) is 1. The fourth-order valence-electron chi connectivity index (χ4n) is 3.41. The number of aliphatic hydroxyl groups excluding tert-OH is 1. The van der Waals surface area contributed by atoms with Gasteiger partial charge in [0.2, 0.25) is 5.89 Å². The van der Waals surface area contributed by atoms with Gasteiger partial charge in [-0.1, -0.05) is 0 Å². The molecule has 4 rings (SSSR count). The molecule has 0 spiro atoms. The van der Waals surface area contributed by atoms with Crippen LogP contribution in [0.4, 0.5) is 0 Å². The number of nitrogens with zero attached hydrogens (tertiary/aromatic N) is 3. The number of carbonyl (C=O) groups excluding carboxylic acids is 1. The van der Waals surface area contributed by atoms with Gasteiger partial charge in [-0.05, 0) is 43.3 Å². The van der Waals surface area contributed by atoms with Crippen molar-refractivity contribution in [2.45, 2.75) is 19.3 Å². The summed E-state index contributed by atoms with van der Waals surface area (Å²) in [5.41, 5.74) is 9.20. The van der Waals surface area contributed by atoms with Crippen LogP contribution in [0.3, 0.4) is 0 Å². The molecule has 0 aliphatic heterocycles. The van der Waals surface area contributed by atoms with Crippen molar-refractivity contribution in [3.63, 3.8) is 0 Å². The molecule has 0 aliphatic carbocycles. The number of hydrogen-bond acceptors (Lipinski definition) is 7. The third-order valence-corrected chi connectivity index (χ3v) is 4.98. The first-order valence-electron chi connectivity index (χ1n) is 9.91. The highest BCUT2D eigenvalue weighted by molar-refractivity contribution is 5.99. The van der Waals surface area contributed by atoms with Crippen LogP contribution in [0.1, 0.15) is 34.9 Å². The number of aromatic nitrogens is 3. The summed E-state index contributed by atoms with van der Waals surface area (Å²) in [6.45, 7) is 0.678. The molecule has 0 bridgehead atoms. The van der Waals surface area contributed by atoms with Crippen LogP contribution in [0.2, 0.25) is 0 Å². The zero-order chi connectivity index (χ0) is 21.1.